The summed E-state index contributed by atoms with van der Waals surface area (Å²) in [5, 5.41) is 29.2. The number of hydrogen-bond donors (Lipinski definition) is 3. The van der Waals surface area contributed by atoms with Crippen molar-refractivity contribution in [2.45, 2.75) is 26.4 Å². The lowest BCUT2D eigenvalue weighted by atomic mass is 9.80. The molecule has 17 heavy (non-hydrogen) atoms. The van der Waals surface area contributed by atoms with Gasteiger partial charge in [-0.25, -0.2) is 0 Å². The first-order valence-electron chi connectivity index (χ1n) is 5.26. The van der Waals surface area contributed by atoms with Crippen molar-refractivity contribution in [3.63, 3.8) is 0 Å². The highest BCUT2D eigenvalue weighted by molar-refractivity contribution is 9.11. The Kier molecular flexibility index (Phi) is 5.01. The molecule has 96 valence electrons. The Morgan fingerprint density at radius 2 is 1.88 bits per heavy atom. The Morgan fingerprint density at radius 3 is 2.41 bits per heavy atom. The smallest absolute Gasteiger partial charge is 0.135 e. The van der Waals surface area contributed by atoms with Crippen LogP contribution in [0.15, 0.2) is 21.1 Å². The molecule has 0 aliphatic heterocycles. The zero-order valence-corrected chi connectivity index (χ0v) is 12.9. The Balaban J connectivity index is 3.16. The quantitative estimate of drug-likeness (QED) is 0.764. The van der Waals surface area contributed by atoms with E-state index in [2.05, 4.69) is 31.9 Å². The fourth-order valence-corrected chi connectivity index (χ4v) is 2.90. The van der Waals surface area contributed by atoms with Crippen LogP contribution in [0.2, 0.25) is 0 Å². The molecule has 5 heteroatoms. The molecule has 0 amide bonds. The molecule has 0 aliphatic carbocycles. The Hall–Kier alpha value is -0.100. The molecule has 0 bridgehead atoms. The number of phenols is 1. The van der Waals surface area contributed by atoms with Crippen molar-refractivity contribution in [2.75, 3.05) is 6.61 Å². The van der Waals surface area contributed by atoms with Gasteiger partial charge in [0.1, 0.15) is 5.75 Å². The molecule has 0 fully saturated rings. The number of benzene rings is 1. The highest BCUT2D eigenvalue weighted by Gasteiger charge is 2.31. The molecule has 1 atom stereocenters. The lowest BCUT2D eigenvalue weighted by Gasteiger charge is -2.30. The number of hydrogen-bond acceptors (Lipinski definition) is 3. The Labute approximate surface area is 118 Å². The van der Waals surface area contributed by atoms with Gasteiger partial charge in [0.05, 0.1) is 10.6 Å². The van der Waals surface area contributed by atoms with Crippen molar-refractivity contribution in [1.82, 2.24) is 0 Å². The summed E-state index contributed by atoms with van der Waals surface area (Å²) in [4.78, 5) is 0. The molecule has 3 N–H and O–H groups in total. The van der Waals surface area contributed by atoms with Crippen molar-refractivity contribution in [3.8, 4) is 5.75 Å². The third-order valence-electron chi connectivity index (χ3n) is 2.85. The zero-order valence-electron chi connectivity index (χ0n) is 9.74. The van der Waals surface area contributed by atoms with Crippen molar-refractivity contribution < 1.29 is 15.3 Å². The molecule has 1 aromatic rings. The highest BCUT2D eigenvalue weighted by Crippen LogP contribution is 2.43. The molecule has 1 aromatic carbocycles. The van der Waals surface area contributed by atoms with E-state index in [0.717, 1.165) is 4.47 Å². The van der Waals surface area contributed by atoms with E-state index in [4.69, 9.17) is 5.11 Å². The van der Waals surface area contributed by atoms with Crippen molar-refractivity contribution in [2.24, 2.45) is 5.41 Å². The molecule has 0 saturated heterocycles. The summed E-state index contributed by atoms with van der Waals surface area (Å²) in [6, 6.07) is 3.40. The number of aromatic hydroxyl groups is 1. The summed E-state index contributed by atoms with van der Waals surface area (Å²) in [5.74, 6) is 0.0340. The number of aliphatic hydroxyl groups is 2. The van der Waals surface area contributed by atoms with E-state index in [0.29, 0.717) is 16.5 Å². The van der Waals surface area contributed by atoms with Crippen molar-refractivity contribution >= 4 is 31.9 Å². The predicted octanol–water partition coefficient (Wildman–Crippen LogP) is 3.36. The van der Waals surface area contributed by atoms with Crippen LogP contribution in [0.1, 0.15) is 31.9 Å². The van der Waals surface area contributed by atoms with E-state index >= 15 is 0 Å². The Morgan fingerprint density at radius 1 is 1.29 bits per heavy atom. The van der Waals surface area contributed by atoms with Gasteiger partial charge in [0.15, 0.2) is 0 Å². The van der Waals surface area contributed by atoms with Crippen LogP contribution in [0, 0.1) is 5.41 Å². The van der Waals surface area contributed by atoms with E-state index in [1.807, 2.05) is 13.8 Å². The summed E-state index contributed by atoms with van der Waals surface area (Å²) in [7, 11) is 0. The normalized spacial score (nSPS) is 13.8. The van der Waals surface area contributed by atoms with E-state index in [1.165, 1.54) is 0 Å². The molecule has 0 unspecified atom stereocenters. The lowest BCUT2D eigenvalue weighted by Crippen LogP contribution is -2.23. The molecule has 1 rings (SSSR count). The minimum atomic E-state index is -0.844. The van der Waals surface area contributed by atoms with Crippen LogP contribution < -0.4 is 0 Å². The third kappa shape index (κ3) is 3.44. The maximum absolute atomic E-state index is 10.3. The zero-order chi connectivity index (χ0) is 13.2. The maximum Gasteiger partial charge on any atom is 0.135 e. The average Bonchev–Trinajstić information content (AvgIpc) is 2.22. The molecular weight excluding hydrogens is 352 g/mol. The van der Waals surface area contributed by atoms with E-state index in [9.17, 15) is 10.2 Å². The minimum absolute atomic E-state index is 0.00000520. The second-order valence-electron chi connectivity index (χ2n) is 4.69. The molecule has 0 saturated carbocycles. The second kappa shape index (κ2) is 5.69. The van der Waals surface area contributed by atoms with E-state index in [-0.39, 0.29) is 12.4 Å². The Bertz CT molecular complexity index is 405. The number of phenolic OH excluding ortho intramolecular Hbond substituents is 1. The van der Waals surface area contributed by atoms with Gasteiger partial charge in [0.25, 0.3) is 0 Å². The summed E-state index contributed by atoms with van der Waals surface area (Å²) >= 11 is 6.55. The van der Waals surface area contributed by atoms with Gasteiger partial charge in [-0.3, -0.25) is 0 Å². The summed E-state index contributed by atoms with van der Waals surface area (Å²) < 4.78 is 1.30. The van der Waals surface area contributed by atoms with E-state index < -0.39 is 11.5 Å². The summed E-state index contributed by atoms with van der Waals surface area (Å²) in [5.41, 5.74) is -0.0587. The van der Waals surface area contributed by atoms with Gasteiger partial charge in [-0.15, -0.1) is 0 Å². The predicted molar refractivity (Wildman–Crippen MR) is 74.0 cm³/mol. The fraction of sp³-hybridized carbons (Fsp3) is 0.500. The topological polar surface area (TPSA) is 60.7 Å². The van der Waals surface area contributed by atoms with Gasteiger partial charge >= 0.3 is 0 Å². The first kappa shape index (κ1) is 15.0. The van der Waals surface area contributed by atoms with Crippen LogP contribution in [0.25, 0.3) is 0 Å². The van der Waals surface area contributed by atoms with Gasteiger partial charge in [-0.1, -0.05) is 29.8 Å². The fourth-order valence-electron chi connectivity index (χ4n) is 1.64. The molecule has 0 aromatic heterocycles. The number of halogens is 2. The van der Waals surface area contributed by atoms with Crippen LogP contribution in [0.3, 0.4) is 0 Å². The number of rotatable bonds is 4. The van der Waals surface area contributed by atoms with Crippen molar-refractivity contribution in [3.05, 3.63) is 26.6 Å². The van der Waals surface area contributed by atoms with Gasteiger partial charge in [-0.2, -0.15) is 0 Å². The summed E-state index contributed by atoms with van der Waals surface area (Å²) in [6.45, 7) is 3.70. The highest BCUT2D eigenvalue weighted by atomic mass is 79.9. The monoisotopic (exact) mass is 366 g/mol. The molecular formula is C12H16Br2O3. The second-order valence-corrected chi connectivity index (χ2v) is 6.46. The molecule has 0 radical (unpaired) electrons. The minimum Gasteiger partial charge on any atom is -0.506 e. The van der Waals surface area contributed by atoms with Gasteiger partial charge in [-0.05, 0) is 39.9 Å². The average molecular weight is 368 g/mol. The largest absolute Gasteiger partial charge is 0.506 e. The molecule has 0 aliphatic rings. The van der Waals surface area contributed by atoms with Crippen LogP contribution in [-0.2, 0) is 0 Å². The molecule has 0 spiro atoms. The first-order chi connectivity index (χ1) is 7.79. The van der Waals surface area contributed by atoms with Gasteiger partial charge in [0, 0.05) is 16.6 Å². The number of aliphatic hydroxyl groups excluding tert-OH is 2. The molecule has 3 nitrogen and oxygen atoms in total. The van der Waals surface area contributed by atoms with Crippen LogP contribution in [0.4, 0.5) is 0 Å². The summed E-state index contributed by atoms with van der Waals surface area (Å²) in [6.07, 6.45) is -0.388. The first-order valence-corrected chi connectivity index (χ1v) is 6.85. The lowest BCUT2D eigenvalue weighted by molar-refractivity contribution is 0.0287. The van der Waals surface area contributed by atoms with E-state index in [1.54, 1.807) is 12.1 Å². The van der Waals surface area contributed by atoms with Crippen LogP contribution >= 0.6 is 31.9 Å². The standard InChI is InChI=1S/C12H16Br2O3/c1-12(2,3-4-15)11(17)8-5-7(13)6-9(14)10(8)16/h5-6,11,15-17H,3-4H2,1-2H3/t11-/m1/s1. The van der Waals surface area contributed by atoms with Gasteiger partial charge < -0.3 is 15.3 Å². The molecule has 0 heterocycles. The van der Waals surface area contributed by atoms with Crippen molar-refractivity contribution in [1.29, 1.82) is 0 Å². The maximum atomic E-state index is 10.3. The van der Waals surface area contributed by atoms with Crippen LogP contribution in [-0.4, -0.2) is 21.9 Å². The van der Waals surface area contributed by atoms with Gasteiger partial charge in [0.2, 0.25) is 0 Å². The SMILES string of the molecule is CC(C)(CCO)[C@H](O)c1cc(Br)cc(Br)c1O. The van der Waals surface area contributed by atoms with Crippen LogP contribution in [0.5, 0.6) is 5.75 Å². The third-order valence-corrected chi connectivity index (χ3v) is 3.91.